The van der Waals surface area contributed by atoms with Crippen molar-refractivity contribution in [1.82, 2.24) is 4.90 Å². The average molecular weight is 366 g/mol. The van der Waals surface area contributed by atoms with Crippen LogP contribution in [0.25, 0.3) is 0 Å². The van der Waals surface area contributed by atoms with Crippen LogP contribution in [-0.4, -0.2) is 30.1 Å². The van der Waals surface area contributed by atoms with Crippen molar-refractivity contribution in [2.45, 2.75) is 19.8 Å². The molecule has 0 aliphatic rings. The smallest absolute Gasteiger partial charge is 0.406 e. The molecule has 5 nitrogen and oxygen atoms in total. The summed E-state index contributed by atoms with van der Waals surface area (Å²) in [5.74, 6) is -0.780. The Balaban J connectivity index is 1.99. The number of halogens is 3. The van der Waals surface area contributed by atoms with Gasteiger partial charge in [0.05, 0.1) is 0 Å². The van der Waals surface area contributed by atoms with Gasteiger partial charge in [-0.3, -0.25) is 9.59 Å². The summed E-state index contributed by atoms with van der Waals surface area (Å²) < 4.78 is 40.2. The zero-order chi connectivity index (χ0) is 19.3. The van der Waals surface area contributed by atoms with Crippen molar-refractivity contribution in [3.8, 4) is 5.75 Å². The quantitative estimate of drug-likeness (QED) is 0.875. The zero-order valence-electron chi connectivity index (χ0n) is 14.1. The van der Waals surface area contributed by atoms with Gasteiger partial charge in [-0.05, 0) is 42.0 Å². The number of anilines is 1. The van der Waals surface area contributed by atoms with E-state index in [1.807, 2.05) is 0 Å². The highest BCUT2D eigenvalue weighted by atomic mass is 19.4. The Morgan fingerprint density at radius 2 is 1.62 bits per heavy atom. The number of nitrogens with one attached hydrogen (secondary N) is 1. The average Bonchev–Trinajstić information content (AvgIpc) is 2.55. The maximum absolute atomic E-state index is 12.4. The summed E-state index contributed by atoms with van der Waals surface area (Å²) in [7, 11) is 1.59. The molecule has 0 unspecified atom stereocenters. The third-order valence-corrected chi connectivity index (χ3v) is 3.38. The largest absolute Gasteiger partial charge is 0.573 e. The first-order valence-corrected chi connectivity index (χ1v) is 7.62. The monoisotopic (exact) mass is 366 g/mol. The van der Waals surface area contributed by atoms with E-state index in [0.717, 1.165) is 0 Å². The lowest BCUT2D eigenvalue weighted by Crippen LogP contribution is -2.26. The molecule has 0 aliphatic carbocycles. The molecule has 2 amide bonds. The molecule has 8 heteroatoms. The second kappa shape index (κ2) is 7.90. The van der Waals surface area contributed by atoms with E-state index in [9.17, 15) is 22.8 Å². The van der Waals surface area contributed by atoms with E-state index >= 15 is 0 Å². The van der Waals surface area contributed by atoms with Crippen LogP contribution in [0.5, 0.6) is 5.75 Å². The van der Waals surface area contributed by atoms with E-state index in [4.69, 9.17) is 0 Å². The van der Waals surface area contributed by atoms with Gasteiger partial charge >= 0.3 is 6.36 Å². The molecule has 0 bridgehead atoms. The van der Waals surface area contributed by atoms with Crippen molar-refractivity contribution in [1.29, 1.82) is 0 Å². The van der Waals surface area contributed by atoms with E-state index in [1.165, 1.54) is 36.1 Å². The number of carbonyl (C=O) groups is 2. The predicted molar refractivity (Wildman–Crippen MR) is 89.7 cm³/mol. The van der Waals surface area contributed by atoms with Gasteiger partial charge in [-0.1, -0.05) is 12.1 Å². The highest BCUT2D eigenvalue weighted by Crippen LogP contribution is 2.23. The van der Waals surface area contributed by atoms with Gasteiger partial charge in [0.25, 0.3) is 5.91 Å². The molecule has 0 saturated heterocycles. The van der Waals surface area contributed by atoms with Crippen molar-refractivity contribution >= 4 is 17.5 Å². The Labute approximate surface area is 148 Å². The van der Waals surface area contributed by atoms with Gasteiger partial charge in [-0.2, -0.15) is 0 Å². The number of benzene rings is 2. The van der Waals surface area contributed by atoms with Gasteiger partial charge < -0.3 is 15.0 Å². The number of hydrogen-bond acceptors (Lipinski definition) is 3. The topological polar surface area (TPSA) is 58.6 Å². The molecule has 0 fully saturated rings. The van der Waals surface area contributed by atoms with Gasteiger partial charge in [-0.15, -0.1) is 13.2 Å². The molecule has 0 heterocycles. The summed E-state index contributed by atoms with van der Waals surface area (Å²) in [5.41, 5.74) is 1.67. The fraction of sp³-hybridized carbons (Fsp3) is 0.222. The van der Waals surface area contributed by atoms with Crippen LogP contribution >= 0.6 is 0 Å². The summed E-state index contributed by atoms with van der Waals surface area (Å²) >= 11 is 0. The van der Waals surface area contributed by atoms with E-state index in [-0.39, 0.29) is 24.1 Å². The summed E-state index contributed by atoms with van der Waals surface area (Å²) in [6.07, 6.45) is -4.74. The van der Waals surface area contributed by atoms with Crippen LogP contribution in [0.2, 0.25) is 0 Å². The van der Waals surface area contributed by atoms with Gasteiger partial charge in [0.15, 0.2) is 0 Å². The number of carbonyl (C=O) groups excluding carboxylic acids is 2. The molecule has 0 radical (unpaired) electrons. The molecule has 2 aromatic rings. The van der Waals surface area contributed by atoms with Crippen molar-refractivity contribution < 1.29 is 27.5 Å². The molecule has 0 saturated carbocycles. The Bertz CT molecular complexity index is 772. The molecule has 0 spiro atoms. The van der Waals surface area contributed by atoms with Crippen LogP contribution in [0, 0.1) is 0 Å². The first-order valence-electron chi connectivity index (χ1n) is 7.62. The Hall–Kier alpha value is -3.03. The maximum atomic E-state index is 12.4. The number of alkyl halides is 3. The summed E-state index contributed by atoms with van der Waals surface area (Å²) in [5, 5.41) is 2.61. The molecular formula is C18H17F3N2O3. The minimum absolute atomic E-state index is 0.209. The summed E-state index contributed by atoms with van der Waals surface area (Å²) in [6.45, 7) is 1.61. The molecule has 0 atom stereocenters. The van der Waals surface area contributed by atoms with Gasteiger partial charge in [0.2, 0.25) is 5.91 Å². The first kappa shape index (κ1) is 19.3. The third-order valence-electron chi connectivity index (χ3n) is 3.38. The second-order valence-electron chi connectivity index (χ2n) is 5.61. The molecule has 2 aromatic carbocycles. The van der Waals surface area contributed by atoms with E-state index in [2.05, 4.69) is 10.1 Å². The number of nitrogens with zero attached hydrogens (tertiary/aromatic N) is 1. The molecular weight excluding hydrogens is 349 g/mol. The van der Waals surface area contributed by atoms with Crippen LogP contribution in [0.4, 0.5) is 18.9 Å². The SMILES string of the molecule is CC(=O)Nc1ccc(C(=O)N(C)Cc2ccc(OC(F)(F)F)cc2)cc1. The number of amides is 2. The molecule has 2 rings (SSSR count). The standard InChI is InChI=1S/C18H17F3N2O3/c1-12(24)22-15-7-5-14(6-8-15)17(25)23(2)11-13-3-9-16(10-4-13)26-18(19,20)21/h3-10H,11H2,1-2H3,(H,22,24). The van der Waals surface area contributed by atoms with Crippen LogP contribution in [0.3, 0.4) is 0 Å². The lowest BCUT2D eigenvalue weighted by molar-refractivity contribution is -0.274. The zero-order valence-corrected chi connectivity index (χ0v) is 14.1. The third kappa shape index (κ3) is 5.80. The fourth-order valence-corrected chi connectivity index (χ4v) is 2.26. The van der Waals surface area contributed by atoms with Crippen LogP contribution in [-0.2, 0) is 11.3 Å². The Morgan fingerprint density at radius 1 is 1.04 bits per heavy atom. The van der Waals surface area contributed by atoms with Crippen molar-refractivity contribution in [3.05, 3.63) is 59.7 Å². The van der Waals surface area contributed by atoms with Crippen molar-refractivity contribution in [2.24, 2.45) is 0 Å². The number of ether oxygens (including phenoxy) is 1. The van der Waals surface area contributed by atoms with Crippen molar-refractivity contribution in [3.63, 3.8) is 0 Å². The molecule has 0 aliphatic heterocycles. The van der Waals surface area contributed by atoms with Crippen LogP contribution < -0.4 is 10.1 Å². The second-order valence-corrected chi connectivity index (χ2v) is 5.61. The van der Waals surface area contributed by atoms with E-state index in [0.29, 0.717) is 16.8 Å². The first-order chi connectivity index (χ1) is 12.1. The van der Waals surface area contributed by atoms with E-state index in [1.54, 1.807) is 31.3 Å². The lowest BCUT2D eigenvalue weighted by Gasteiger charge is -2.18. The minimum atomic E-state index is -4.74. The fourth-order valence-electron chi connectivity index (χ4n) is 2.26. The molecule has 26 heavy (non-hydrogen) atoms. The molecule has 1 N–H and O–H groups in total. The Morgan fingerprint density at radius 3 is 2.12 bits per heavy atom. The number of hydrogen-bond donors (Lipinski definition) is 1. The molecule has 0 aromatic heterocycles. The summed E-state index contributed by atoms with van der Waals surface area (Å²) in [6, 6.07) is 11.7. The highest BCUT2D eigenvalue weighted by Gasteiger charge is 2.30. The normalized spacial score (nSPS) is 11.0. The van der Waals surface area contributed by atoms with Gasteiger partial charge in [0, 0.05) is 31.8 Å². The van der Waals surface area contributed by atoms with Crippen LogP contribution in [0.1, 0.15) is 22.8 Å². The van der Waals surface area contributed by atoms with Gasteiger partial charge in [-0.25, -0.2) is 0 Å². The predicted octanol–water partition coefficient (Wildman–Crippen LogP) is 3.82. The Kier molecular flexibility index (Phi) is 5.86. The van der Waals surface area contributed by atoms with Gasteiger partial charge in [0.1, 0.15) is 5.75 Å². The highest BCUT2D eigenvalue weighted by molar-refractivity contribution is 5.95. The lowest BCUT2D eigenvalue weighted by atomic mass is 10.1. The van der Waals surface area contributed by atoms with Crippen LogP contribution in [0.15, 0.2) is 48.5 Å². The van der Waals surface area contributed by atoms with E-state index < -0.39 is 6.36 Å². The maximum Gasteiger partial charge on any atom is 0.573 e. The molecule has 138 valence electrons. The summed E-state index contributed by atoms with van der Waals surface area (Å²) in [4.78, 5) is 24.8. The number of rotatable bonds is 5. The minimum Gasteiger partial charge on any atom is -0.406 e. The van der Waals surface area contributed by atoms with Crippen molar-refractivity contribution in [2.75, 3.05) is 12.4 Å².